The molecule has 3 rings (SSSR count). The fourth-order valence-corrected chi connectivity index (χ4v) is 5.88. The molecule has 0 aromatic heterocycles. The van der Waals surface area contributed by atoms with Gasteiger partial charge >= 0.3 is 0 Å². The largest absolute Gasteiger partial charge is 0.497 e. The van der Waals surface area contributed by atoms with Crippen molar-refractivity contribution >= 4 is 39.1 Å². The van der Waals surface area contributed by atoms with Crippen LogP contribution in [0.2, 0.25) is 5.02 Å². The standard InChI is InChI=1S/C31H38ClN3O6S/c1-6-22(3)33-31(37)29(7-2)34(20-23-9-8-10-27(19-23)41-5)30(36)21-35(25-13-11-24(32)12-14-25)42(38,39)28-17-15-26(40-4)16-18-28/h8-19,22,29H,6-7,20-21H2,1-5H3,(H,33,37)/t22-,29-/m1/s1. The highest BCUT2D eigenvalue weighted by molar-refractivity contribution is 7.92. The third-order valence-electron chi connectivity index (χ3n) is 6.91. The average molecular weight is 616 g/mol. The molecule has 0 fully saturated rings. The molecular weight excluding hydrogens is 578 g/mol. The maximum atomic E-state index is 14.2. The van der Waals surface area contributed by atoms with Gasteiger partial charge in [0.05, 0.1) is 24.8 Å². The zero-order valence-corrected chi connectivity index (χ0v) is 26.1. The van der Waals surface area contributed by atoms with E-state index in [-0.39, 0.29) is 29.1 Å². The summed E-state index contributed by atoms with van der Waals surface area (Å²) in [4.78, 5) is 28.9. The Balaban J connectivity index is 2.06. The van der Waals surface area contributed by atoms with Crippen molar-refractivity contribution in [2.24, 2.45) is 0 Å². The minimum Gasteiger partial charge on any atom is -0.497 e. The molecule has 0 radical (unpaired) electrons. The van der Waals surface area contributed by atoms with E-state index in [1.807, 2.05) is 26.8 Å². The van der Waals surface area contributed by atoms with Gasteiger partial charge in [-0.05, 0) is 86.0 Å². The maximum absolute atomic E-state index is 14.2. The molecule has 0 saturated heterocycles. The van der Waals surface area contributed by atoms with E-state index in [1.165, 1.54) is 48.4 Å². The molecule has 0 aliphatic carbocycles. The van der Waals surface area contributed by atoms with Crippen LogP contribution >= 0.6 is 11.6 Å². The fourth-order valence-electron chi connectivity index (χ4n) is 4.34. The van der Waals surface area contributed by atoms with Crippen molar-refractivity contribution in [2.75, 3.05) is 25.1 Å². The van der Waals surface area contributed by atoms with E-state index in [0.717, 1.165) is 16.3 Å². The smallest absolute Gasteiger partial charge is 0.264 e. The monoisotopic (exact) mass is 615 g/mol. The summed E-state index contributed by atoms with van der Waals surface area (Å²) >= 11 is 6.09. The second-order valence-corrected chi connectivity index (χ2v) is 12.1. The number of methoxy groups -OCH3 is 2. The summed E-state index contributed by atoms with van der Waals surface area (Å²) in [5.41, 5.74) is 0.982. The lowest BCUT2D eigenvalue weighted by atomic mass is 10.1. The van der Waals surface area contributed by atoms with Gasteiger partial charge in [0.1, 0.15) is 24.1 Å². The number of halogens is 1. The Bertz CT molecular complexity index is 1450. The second-order valence-electron chi connectivity index (χ2n) is 9.78. The van der Waals surface area contributed by atoms with Crippen molar-refractivity contribution in [3.63, 3.8) is 0 Å². The minimum absolute atomic E-state index is 0.0213. The summed E-state index contributed by atoms with van der Waals surface area (Å²) < 4.78 is 39.5. The van der Waals surface area contributed by atoms with Gasteiger partial charge in [-0.15, -0.1) is 0 Å². The summed E-state index contributed by atoms with van der Waals surface area (Å²) in [5, 5.41) is 3.38. The van der Waals surface area contributed by atoms with Gasteiger partial charge in [-0.2, -0.15) is 0 Å². The number of hydrogen-bond donors (Lipinski definition) is 1. The van der Waals surface area contributed by atoms with E-state index >= 15 is 0 Å². The normalized spacial score (nSPS) is 12.6. The van der Waals surface area contributed by atoms with E-state index in [9.17, 15) is 18.0 Å². The molecule has 0 aliphatic heterocycles. The molecule has 11 heteroatoms. The SMILES string of the molecule is CC[C@@H](C)NC(=O)[C@@H](CC)N(Cc1cccc(OC)c1)C(=O)CN(c1ccc(Cl)cc1)S(=O)(=O)c1ccc(OC)cc1. The first kappa shape index (κ1) is 32.8. The fraction of sp³-hybridized carbons (Fsp3) is 0.355. The third kappa shape index (κ3) is 8.17. The molecule has 0 unspecified atom stereocenters. The van der Waals surface area contributed by atoms with Crippen LogP contribution in [0.4, 0.5) is 5.69 Å². The molecule has 42 heavy (non-hydrogen) atoms. The molecule has 0 saturated carbocycles. The number of hydrogen-bond acceptors (Lipinski definition) is 6. The molecule has 1 N–H and O–H groups in total. The molecule has 3 aromatic rings. The van der Waals surface area contributed by atoms with Gasteiger partial charge in [-0.1, -0.05) is 37.6 Å². The quantitative estimate of drug-likeness (QED) is 0.265. The first-order valence-electron chi connectivity index (χ1n) is 13.7. The first-order valence-corrected chi connectivity index (χ1v) is 15.5. The molecule has 0 spiro atoms. The summed E-state index contributed by atoms with van der Waals surface area (Å²) in [7, 11) is -1.18. The Morgan fingerprint density at radius 3 is 2.12 bits per heavy atom. The minimum atomic E-state index is -4.21. The highest BCUT2D eigenvalue weighted by Gasteiger charge is 2.34. The topological polar surface area (TPSA) is 105 Å². The molecule has 0 bridgehead atoms. The number of ether oxygens (including phenoxy) is 2. The lowest BCUT2D eigenvalue weighted by Gasteiger charge is -2.33. The summed E-state index contributed by atoms with van der Waals surface area (Å²) in [6.45, 7) is 5.19. The Labute approximate surface area is 253 Å². The van der Waals surface area contributed by atoms with Crippen molar-refractivity contribution < 1.29 is 27.5 Å². The Morgan fingerprint density at radius 1 is 0.905 bits per heavy atom. The molecule has 2 atom stereocenters. The maximum Gasteiger partial charge on any atom is 0.264 e. The molecule has 226 valence electrons. The van der Waals surface area contributed by atoms with Gasteiger partial charge in [0.2, 0.25) is 11.8 Å². The van der Waals surface area contributed by atoms with Gasteiger partial charge in [-0.25, -0.2) is 8.42 Å². The molecule has 0 aliphatic rings. The number of benzene rings is 3. The van der Waals surface area contributed by atoms with Crippen LogP contribution in [-0.4, -0.2) is 58.0 Å². The van der Waals surface area contributed by atoms with Gasteiger partial charge in [0.15, 0.2) is 0 Å². The number of carbonyl (C=O) groups excluding carboxylic acids is 2. The Hall–Kier alpha value is -3.76. The lowest BCUT2D eigenvalue weighted by molar-refractivity contribution is -0.140. The van der Waals surface area contributed by atoms with Crippen LogP contribution in [0.1, 0.15) is 39.2 Å². The van der Waals surface area contributed by atoms with Crippen LogP contribution in [0, 0.1) is 0 Å². The van der Waals surface area contributed by atoms with Crippen LogP contribution in [-0.2, 0) is 26.2 Å². The average Bonchev–Trinajstić information content (AvgIpc) is 3.00. The van der Waals surface area contributed by atoms with Crippen molar-refractivity contribution in [1.82, 2.24) is 10.2 Å². The van der Waals surface area contributed by atoms with E-state index in [1.54, 1.807) is 37.4 Å². The van der Waals surface area contributed by atoms with Crippen LogP contribution in [0.3, 0.4) is 0 Å². The zero-order chi connectivity index (χ0) is 30.9. The van der Waals surface area contributed by atoms with Gasteiger partial charge in [-0.3, -0.25) is 13.9 Å². The summed E-state index contributed by atoms with van der Waals surface area (Å²) in [6.07, 6.45) is 1.04. The number of anilines is 1. The third-order valence-corrected chi connectivity index (χ3v) is 8.95. The van der Waals surface area contributed by atoms with E-state index in [0.29, 0.717) is 22.9 Å². The zero-order valence-electron chi connectivity index (χ0n) is 24.5. The van der Waals surface area contributed by atoms with Gasteiger partial charge in [0.25, 0.3) is 10.0 Å². The van der Waals surface area contributed by atoms with Crippen molar-refractivity contribution in [3.05, 3.63) is 83.4 Å². The Kier molecular flexibility index (Phi) is 11.6. The lowest BCUT2D eigenvalue weighted by Crippen LogP contribution is -2.53. The van der Waals surface area contributed by atoms with E-state index in [2.05, 4.69) is 5.32 Å². The van der Waals surface area contributed by atoms with Crippen LogP contribution in [0.15, 0.2) is 77.7 Å². The van der Waals surface area contributed by atoms with E-state index in [4.69, 9.17) is 21.1 Å². The molecule has 9 nitrogen and oxygen atoms in total. The predicted octanol–water partition coefficient (Wildman–Crippen LogP) is 5.27. The summed E-state index contributed by atoms with van der Waals surface area (Å²) in [5.74, 6) is 0.239. The second kappa shape index (κ2) is 14.9. The van der Waals surface area contributed by atoms with Gasteiger partial charge in [0, 0.05) is 17.6 Å². The number of sulfonamides is 1. The number of nitrogens with zero attached hydrogens (tertiary/aromatic N) is 2. The number of amides is 2. The van der Waals surface area contributed by atoms with Crippen LogP contribution in [0.5, 0.6) is 11.5 Å². The molecule has 3 aromatic carbocycles. The number of rotatable bonds is 14. The van der Waals surface area contributed by atoms with Gasteiger partial charge < -0.3 is 19.7 Å². The van der Waals surface area contributed by atoms with Crippen molar-refractivity contribution in [3.8, 4) is 11.5 Å². The first-order chi connectivity index (χ1) is 20.0. The van der Waals surface area contributed by atoms with Crippen LogP contribution in [0.25, 0.3) is 0 Å². The van der Waals surface area contributed by atoms with Crippen molar-refractivity contribution in [2.45, 2.75) is 57.1 Å². The molecule has 0 heterocycles. The number of nitrogens with one attached hydrogen (secondary N) is 1. The summed E-state index contributed by atoms with van der Waals surface area (Å²) in [6, 6.07) is 18.4. The molecule has 2 amide bonds. The highest BCUT2D eigenvalue weighted by atomic mass is 35.5. The predicted molar refractivity (Wildman–Crippen MR) is 164 cm³/mol. The number of carbonyl (C=O) groups is 2. The van der Waals surface area contributed by atoms with Crippen molar-refractivity contribution in [1.29, 1.82) is 0 Å². The van der Waals surface area contributed by atoms with E-state index < -0.39 is 28.5 Å². The Morgan fingerprint density at radius 2 is 1.55 bits per heavy atom. The van der Waals surface area contributed by atoms with Crippen LogP contribution < -0.4 is 19.1 Å². The molecular formula is C31H38ClN3O6S. The highest BCUT2D eigenvalue weighted by Crippen LogP contribution is 2.27.